The van der Waals surface area contributed by atoms with Crippen molar-refractivity contribution in [2.24, 2.45) is 5.73 Å². The quantitative estimate of drug-likeness (QED) is 0.820. The van der Waals surface area contributed by atoms with Gasteiger partial charge < -0.3 is 15.4 Å². The molecule has 1 rings (SSSR count). The monoisotopic (exact) mass is 265 g/mol. The highest BCUT2D eigenvalue weighted by Gasteiger charge is 2.14. The lowest BCUT2D eigenvalue weighted by Gasteiger charge is -2.27. The molecular formula is C15H27N3O. The summed E-state index contributed by atoms with van der Waals surface area (Å²) in [5, 5.41) is 0. The summed E-state index contributed by atoms with van der Waals surface area (Å²) in [6, 6.07) is 2.71. The molecule has 0 aliphatic rings. The van der Waals surface area contributed by atoms with E-state index in [4.69, 9.17) is 10.5 Å². The first kappa shape index (κ1) is 15.9. The Morgan fingerprint density at radius 2 is 2.16 bits per heavy atom. The third-order valence-corrected chi connectivity index (χ3v) is 3.53. The Bertz CT molecular complexity index is 395. The van der Waals surface area contributed by atoms with Crippen molar-refractivity contribution in [2.45, 2.75) is 45.7 Å². The first-order valence-corrected chi connectivity index (χ1v) is 6.92. The molecule has 0 aliphatic heterocycles. The number of likely N-dealkylation sites (N-methyl/N-ethyl adjacent to an activating group) is 1. The SMILES string of the molecule is CCC(N)Cc1cnc(N(C)C(C)COC)c(C)c1. The molecule has 4 nitrogen and oxygen atoms in total. The highest BCUT2D eigenvalue weighted by molar-refractivity contribution is 5.47. The molecule has 0 bridgehead atoms. The van der Waals surface area contributed by atoms with Gasteiger partial charge in [-0.2, -0.15) is 0 Å². The van der Waals surface area contributed by atoms with Crippen LogP contribution in [-0.4, -0.2) is 37.8 Å². The summed E-state index contributed by atoms with van der Waals surface area (Å²) in [6.45, 7) is 7.03. The molecule has 1 aromatic heterocycles. The maximum Gasteiger partial charge on any atom is 0.131 e. The van der Waals surface area contributed by atoms with Crippen LogP contribution in [0, 0.1) is 6.92 Å². The number of ether oxygens (including phenoxy) is 1. The Hall–Kier alpha value is -1.13. The van der Waals surface area contributed by atoms with E-state index in [9.17, 15) is 0 Å². The highest BCUT2D eigenvalue weighted by Crippen LogP contribution is 2.19. The summed E-state index contributed by atoms with van der Waals surface area (Å²) >= 11 is 0. The van der Waals surface area contributed by atoms with Gasteiger partial charge in [0.15, 0.2) is 0 Å². The summed E-state index contributed by atoms with van der Waals surface area (Å²) in [7, 11) is 3.77. The fraction of sp³-hybridized carbons (Fsp3) is 0.667. The first-order chi connectivity index (χ1) is 8.99. The fourth-order valence-electron chi connectivity index (χ4n) is 2.12. The molecule has 2 N–H and O–H groups in total. The Kier molecular flexibility index (Phi) is 6.25. The largest absolute Gasteiger partial charge is 0.383 e. The lowest BCUT2D eigenvalue weighted by atomic mass is 10.0. The number of aromatic nitrogens is 1. The summed E-state index contributed by atoms with van der Waals surface area (Å²) < 4.78 is 5.19. The van der Waals surface area contributed by atoms with Gasteiger partial charge in [-0.15, -0.1) is 0 Å². The van der Waals surface area contributed by atoms with E-state index in [1.54, 1.807) is 7.11 Å². The van der Waals surface area contributed by atoms with Crippen LogP contribution in [0.2, 0.25) is 0 Å². The molecule has 1 heterocycles. The van der Waals surface area contributed by atoms with Gasteiger partial charge in [-0.3, -0.25) is 0 Å². The third-order valence-electron chi connectivity index (χ3n) is 3.53. The summed E-state index contributed by atoms with van der Waals surface area (Å²) in [5.74, 6) is 1.01. The van der Waals surface area contributed by atoms with Gasteiger partial charge >= 0.3 is 0 Å². The van der Waals surface area contributed by atoms with Gasteiger partial charge in [-0.25, -0.2) is 4.98 Å². The van der Waals surface area contributed by atoms with Crippen LogP contribution in [-0.2, 0) is 11.2 Å². The molecule has 0 radical (unpaired) electrons. The number of pyridine rings is 1. The van der Waals surface area contributed by atoms with Gasteiger partial charge in [0.2, 0.25) is 0 Å². The standard InChI is InChI=1S/C15H27N3O/c1-6-14(16)8-13-7-11(2)15(17-9-13)18(4)12(3)10-19-5/h7,9,12,14H,6,8,10,16H2,1-5H3. The number of aryl methyl sites for hydroxylation is 1. The smallest absolute Gasteiger partial charge is 0.131 e. The van der Waals surface area contributed by atoms with E-state index in [0.29, 0.717) is 12.6 Å². The Morgan fingerprint density at radius 1 is 1.47 bits per heavy atom. The molecule has 0 saturated heterocycles. The van der Waals surface area contributed by atoms with E-state index in [-0.39, 0.29) is 6.04 Å². The van der Waals surface area contributed by atoms with Gasteiger partial charge in [-0.05, 0) is 37.8 Å². The number of hydrogen-bond acceptors (Lipinski definition) is 4. The Morgan fingerprint density at radius 3 is 2.68 bits per heavy atom. The van der Waals surface area contributed by atoms with Crippen LogP contribution in [0.5, 0.6) is 0 Å². The van der Waals surface area contributed by atoms with Crippen LogP contribution in [0.4, 0.5) is 5.82 Å². The maximum absolute atomic E-state index is 5.99. The summed E-state index contributed by atoms with van der Waals surface area (Å²) in [6.07, 6.45) is 3.82. The van der Waals surface area contributed by atoms with Crippen molar-refractivity contribution in [3.05, 3.63) is 23.4 Å². The van der Waals surface area contributed by atoms with Crippen molar-refractivity contribution in [3.8, 4) is 0 Å². The second-order valence-corrected chi connectivity index (χ2v) is 5.27. The molecule has 0 fully saturated rings. The zero-order valence-corrected chi connectivity index (χ0v) is 12.8. The average Bonchev–Trinajstić information content (AvgIpc) is 2.38. The van der Waals surface area contributed by atoms with E-state index in [2.05, 4.69) is 43.8 Å². The number of nitrogens with two attached hydrogens (primary N) is 1. The van der Waals surface area contributed by atoms with Crippen LogP contribution >= 0.6 is 0 Å². The van der Waals surface area contributed by atoms with E-state index in [0.717, 1.165) is 18.7 Å². The second kappa shape index (κ2) is 7.46. The van der Waals surface area contributed by atoms with Crippen molar-refractivity contribution in [2.75, 3.05) is 25.7 Å². The topological polar surface area (TPSA) is 51.4 Å². The molecule has 19 heavy (non-hydrogen) atoms. The highest BCUT2D eigenvalue weighted by atomic mass is 16.5. The summed E-state index contributed by atoms with van der Waals surface area (Å²) in [5.41, 5.74) is 8.38. The minimum Gasteiger partial charge on any atom is -0.383 e. The molecule has 1 aromatic rings. The molecule has 108 valence electrons. The van der Waals surface area contributed by atoms with Gasteiger partial charge in [0.1, 0.15) is 5.82 Å². The Labute approximate surface area is 117 Å². The van der Waals surface area contributed by atoms with E-state index >= 15 is 0 Å². The fourth-order valence-corrected chi connectivity index (χ4v) is 2.12. The number of rotatable bonds is 7. The van der Waals surface area contributed by atoms with Gasteiger partial charge in [0, 0.05) is 26.4 Å². The van der Waals surface area contributed by atoms with Crippen LogP contribution in [0.15, 0.2) is 12.3 Å². The van der Waals surface area contributed by atoms with Crippen molar-refractivity contribution in [1.29, 1.82) is 0 Å². The van der Waals surface area contributed by atoms with Gasteiger partial charge in [-0.1, -0.05) is 13.0 Å². The molecule has 0 saturated carbocycles. The first-order valence-electron chi connectivity index (χ1n) is 6.92. The van der Waals surface area contributed by atoms with Crippen molar-refractivity contribution in [3.63, 3.8) is 0 Å². The molecule has 0 spiro atoms. The number of methoxy groups -OCH3 is 1. The number of nitrogens with zero attached hydrogens (tertiary/aromatic N) is 2. The molecule has 2 atom stereocenters. The van der Waals surface area contributed by atoms with E-state index < -0.39 is 0 Å². The molecule has 4 heteroatoms. The van der Waals surface area contributed by atoms with Crippen LogP contribution in [0.1, 0.15) is 31.4 Å². The van der Waals surface area contributed by atoms with Crippen LogP contribution in [0.3, 0.4) is 0 Å². The predicted molar refractivity (Wildman–Crippen MR) is 80.7 cm³/mol. The molecule has 0 amide bonds. The van der Waals surface area contributed by atoms with E-state index in [1.165, 1.54) is 11.1 Å². The average molecular weight is 265 g/mol. The minimum atomic E-state index is 0.220. The van der Waals surface area contributed by atoms with E-state index in [1.807, 2.05) is 6.20 Å². The van der Waals surface area contributed by atoms with Gasteiger partial charge in [0.25, 0.3) is 0 Å². The normalized spacial score (nSPS) is 14.2. The van der Waals surface area contributed by atoms with Crippen molar-refractivity contribution in [1.82, 2.24) is 4.98 Å². The zero-order valence-electron chi connectivity index (χ0n) is 12.8. The Balaban J connectivity index is 2.82. The lowest BCUT2D eigenvalue weighted by molar-refractivity contribution is 0.183. The third kappa shape index (κ3) is 4.48. The lowest BCUT2D eigenvalue weighted by Crippen LogP contribution is -2.33. The van der Waals surface area contributed by atoms with Crippen LogP contribution < -0.4 is 10.6 Å². The summed E-state index contributed by atoms with van der Waals surface area (Å²) in [4.78, 5) is 6.74. The zero-order chi connectivity index (χ0) is 14.4. The minimum absolute atomic E-state index is 0.220. The molecule has 0 aliphatic carbocycles. The second-order valence-electron chi connectivity index (χ2n) is 5.27. The number of anilines is 1. The number of hydrogen-bond donors (Lipinski definition) is 1. The predicted octanol–water partition coefficient (Wildman–Crippen LogP) is 2.14. The molecule has 2 unspecified atom stereocenters. The van der Waals surface area contributed by atoms with Gasteiger partial charge in [0.05, 0.1) is 12.6 Å². The van der Waals surface area contributed by atoms with Crippen molar-refractivity contribution < 1.29 is 4.74 Å². The van der Waals surface area contributed by atoms with Crippen molar-refractivity contribution >= 4 is 5.82 Å². The molecular weight excluding hydrogens is 238 g/mol. The van der Waals surface area contributed by atoms with Crippen LogP contribution in [0.25, 0.3) is 0 Å². The maximum atomic E-state index is 5.99. The molecule has 0 aromatic carbocycles.